The summed E-state index contributed by atoms with van der Waals surface area (Å²) in [6, 6.07) is 0. The van der Waals surface area contributed by atoms with E-state index in [0.29, 0.717) is 6.42 Å². The topological polar surface area (TPSA) is 48.0 Å². The second-order valence-corrected chi connectivity index (χ2v) is 9.88. The lowest BCUT2D eigenvalue weighted by Gasteiger charge is -2.40. The standard InChI is InChI=1S/C18H36NO4P/c1-9-12-19-13-16(10-11-17(19)21-18(6,7)8)24(20,22-14(2)3)23-15(4)5/h13-15,17H,9-12H2,1-8H3. The highest BCUT2D eigenvalue weighted by molar-refractivity contribution is 7.58. The zero-order valence-corrected chi connectivity index (χ0v) is 17.6. The first-order valence-corrected chi connectivity index (χ1v) is 10.6. The third-order valence-electron chi connectivity index (χ3n) is 3.35. The predicted molar refractivity (Wildman–Crippen MR) is 99.0 cm³/mol. The van der Waals surface area contributed by atoms with E-state index in [0.717, 1.165) is 24.7 Å². The van der Waals surface area contributed by atoms with E-state index in [1.165, 1.54) is 0 Å². The fourth-order valence-electron chi connectivity index (χ4n) is 2.70. The van der Waals surface area contributed by atoms with Gasteiger partial charge in [0.05, 0.1) is 23.1 Å². The van der Waals surface area contributed by atoms with Crippen molar-refractivity contribution in [2.75, 3.05) is 6.54 Å². The summed E-state index contributed by atoms with van der Waals surface area (Å²) >= 11 is 0. The molecule has 1 aliphatic rings. The molecule has 1 aliphatic heterocycles. The van der Waals surface area contributed by atoms with Gasteiger partial charge in [-0.25, -0.2) is 0 Å². The third-order valence-corrected chi connectivity index (χ3v) is 5.80. The molecule has 0 spiro atoms. The quantitative estimate of drug-likeness (QED) is 0.533. The molecular formula is C18H36NO4P. The fourth-order valence-corrected chi connectivity index (χ4v) is 4.82. The van der Waals surface area contributed by atoms with Gasteiger partial charge in [-0.05, 0) is 67.7 Å². The molecule has 5 nitrogen and oxygen atoms in total. The Bertz CT molecular complexity index is 454. The summed E-state index contributed by atoms with van der Waals surface area (Å²) in [4.78, 5) is 2.14. The number of nitrogens with zero attached hydrogens (tertiary/aromatic N) is 1. The molecule has 1 atom stereocenters. The van der Waals surface area contributed by atoms with Gasteiger partial charge in [0.2, 0.25) is 0 Å². The molecule has 0 aromatic rings. The van der Waals surface area contributed by atoms with Gasteiger partial charge in [-0.1, -0.05) is 6.92 Å². The molecule has 0 amide bonds. The highest BCUT2D eigenvalue weighted by Gasteiger charge is 2.37. The van der Waals surface area contributed by atoms with Crippen molar-refractivity contribution in [2.24, 2.45) is 0 Å². The molecule has 0 aromatic heterocycles. The Morgan fingerprint density at radius 1 is 1.21 bits per heavy atom. The molecule has 0 fully saturated rings. The second-order valence-electron chi connectivity index (χ2n) is 7.89. The minimum absolute atomic E-state index is 0.000231. The second kappa shape index (κ2) is 8.84. The Hall–Kier alpha value is -0.350. The summed E-state index contributed by atoms with van der Waals surface area (Å²) in [6.45, 7) is 16.7. The summed E-state index contributed by atoms with van der Waals surface area (Å²) in [6.07, 6.45) is 4.09. The van der Waals surface area contributed by atoms with Crippen LogP contribution < -0.4 is 0 Å². The molecule has 0 aliphatic carbocycles. The van der Waals surface area contributed by atoms with E-state index in [-0.39, 0.29) is 24.0 Å². The summed E-state index contributed by atoms with van der Waals surface area (Å²) in [7, 11) is -3.28. The molecule has 6 heteroatoms. The number of allylic oxidation sites excluding steroid dienone is 1. The van der Waals surface area contributed by atoms with Gasteiger partial charge >= 0.3 is 7.60 Å². The highest BCUT2D eigenvalue weighted by Crippen LogP contribution is 2.60. The first-order valence-electron chi connectivity index (χ1n) is 9.08. The maximum absolute atomic E-state index is 13.4. The van der Waals surface area contributed by atoms with Crippen molar-refractivity contribution in [3.8, 4) is 0 Å². The number of hydrogen-bond donors (Lipinski definition) is 0. The maximum Gasteiger partial charge on any atom is 0.359 e. The average molecular weight is 361 g/mol. The Morgan fingerprint density at radius 3 is 2.17 bits per heavy atom. The van der Waals surface area contributed by atoms with Crippen LogP contribution in [0.1, 0.15) is 74.7 Å². The zero-order valence-electron chi connectivity index (χ0n) is 16.7. The predicted octanol–water partition coefficient (Wildman–Crippen LogP) is 5.52. The normalized spacial score (nSPS) is 20.0. The number of rotatable bonds is 8. The van der Waals surface area contributed by atoms with Gasteiger partial charge in [0.25, 0.3) is 0 Å². The highest BCUT2D eigenvalue weighted by atomic mass is 31.2. The van der Waals surface area contributed by atoms with E-state index >= 15 is 0 Å². The van der Waals surface area contributed by atoms with E-state index in [1.54, 1.807) is 0 Å². The molecular weight excluding hydrogens is 325 g/mol. The smallest absolute Gasteiger partial charge is 0.353 e. The van der Waals surface area contributed by atoms with Crippen molar-refractivity contribution < 1.29 is 18.3 Å². The lowest BCUT2D eigenvalue weighted by molar-refractivity contribution is -0.124. The van der Waals surface area contributed by atoms with Gasteiger partial charge < -0.3 is 18.7 Å². The van der Waals surface area contributed by atoms with Crippen LogP contribution in [0.25, 0.3) is 0 Å². The van der Waals surface area contributed by atoms with Crippen LogP contribution in [0.4, 0.5) is 0 Å². The molecule has 0 saturated heterocycles. The largest absolute Gasteiger partial charge is 0.359 e. The van der Waals surface area contributed by atoms with Crippen LogP contribution in [0.15, 0.2) is 11.5 Å². The van der Waals surface area contributed by atoms with E-state index < -0.39 is 7.60 Å². The van der Waals surface area contributed by atoms with Gasteiger partial charge in [0.1, 0.15) is 6.23 Å². The molecule has 1 rings (SSSR count). The summed E-state index contributed by atoms with van der Waals surface area (Å²) in [5.41, 5.74) is -0.214. The Balaban J connectivity index is 3.07. The third kappa shape index (κ3) is 6.87. The first-order chi connectivity index (χ1) is 11.0. The number of hydrogen-bond acceptors (Lipinski definition) is 5. The van der Waals surface area contributed by atoms with E-state index in [1.807, 2.05) is 33.9 Å². The molecule has 1 heterocycles. The van der Waals surface area contributed by atoms with Crippen molar-refractivity contribution in [1.82, 2.24) is 4.90 Å². The molecule has 0 bridgehead atoms. The lowest BCUT2D eigenvalue weighted by Crippen LogP contribution is -2.41. The van der Waals surface area contributed by atoms with Crippen LogP contribution in [0.3, 0.4) is 0 Å². The monoisotopic (exact) mass is 361 g/mol. The van der Waals surface area contributed by atoms with Gasteiger partial charge in [-0.15, -0.1) is 0 Å². The molecule has 0 N–H and O–H groups in total. The van der Waals surface area contributed by atoms with Gasteiger partial charge in [0, 0.05) is 12.7 Å². The fraction of sp³-hybridized carbons (Fsp3) is 0.889. The Labute approximate surface area is 148 Å². The first kappa shape index (κ1) is 21.7. The van der Waals surface area contributed by atoms with E-state index in [4.69, 9.17) is 13.8 Å². The van der Waals surface area contributed by atoms with Crippen LogP contribution in [-0.4, -0.2) is 35.5 Å². The Kier molecular flexibility index (Phi) is 7.99. The SMILES string of the molecule is CCCN1C=C(P(=O)(OC(C)C)OC(C)C)CCC1OC(C)(C)C. The van der Waals surface area contributed by atoms with Crippen LogP contribution in [0, 0.1) is 0 Å². The summed E-state index contributed by atoms with van der Waals surface area (Å²) < 4.78 is 31.0. The van der Waals surface area contributed by atoms with Crippen molar-refractivity contribution in [3.05, 3.63) is 11.5 Å². The maximum atomic E-state index is 13.4. The van der Waals surface area contributed by atoms with E-state index in [9.17, 15) is 4.57 Å². The molecule has 0 saturated carbocycles. The van der Waals surface area contributed by atoms with Crippen LogP contribution in [0.2, 0.25) is 0 Å². The zero-order chi connectivity index (χ0) is 18.5. The average Bonchev–Trinajstić information content (AvgIpc) is 2.37. The molecule has 142 valence electrons. The van der Waals surface area contributed by atoms with Gasteiger partial charge in [0.15, 0.2) is 0 Å². The number of ether oxygens (including phenoxy) is 1. The van der Waals surface area contributed by atoms with E-state index in [2.05, 4.69) is 32.6 Å². The van der Waals surface area contributed by atoms with Crippen LogP contribution in [-0.2, 0) is 18.3 Å². The molecule has 24 heavy (non-hydrogen) atoms. The van der Waals surface area contributed by atoms with Crippen LogP contribution in [0.5, 0.6) is 0 Å². The van der Waals surface area contributed by atoms with Gasteiger partial charge in [-0.3, -0.25) is 4.57 Å². The van der Waals surface area contributed by atoms with Crippen molar-refractivity contribution in [3.63, 3.8) is 0 Å². The lowest BCUT2D eigenvalue weighted by atomic mass is 10.1. The van der Waals surface area contributed by atoms with Crippen molar-refractivity contribution in [1.29, 1.82) is 0 Å². The van der Waals surface area contributed by atoms with Crippen molar-refractivity contribution >= 4 is 7.60 Å². The van der Waals surface area contributed by atoms with Crippen LogP contribution >= 0.6 is 7.60 Å². The summed E-state index contributed by atoms with van der Waals surface area (Å²) in [5.74, 6) is 0. The summed E-state index contributed by atoms with van der Waals surface area (Å²) in [5, 5.41) is 0.757. The Morgan fingerprint density at radius 2 is 1.75 bits per heavy atom. The van der Waals surface area contributed by atoms with Crippen molar-refractivity contribution in [2.45, 2.75) is 98.7 Å². The minimum Gasteiger partial charge on any atom is -0.353 e. The van der Waals surface area contributed by atoms with Gasteiger partial charge in [-0.2, -0.15) is 0 Å². The molecule has 1 unspecified atom stereocenters. The minimum atomic E-state index is -3.28. The molecule has 0 aromatic carbocycles. The molecule has 0 radical (unpaired) electrons.